The van der Waals surface area contributed by atoms with Crippen molar-refractivity contribution in [3.05, 3.63) is 45.0 Å². The van der Waals surface area contributed by atoms with Gasteiger partial charge < -0.3 is 14.6 Å². The predicted octanol–water partition coefficient (Wildman–Crippen LogP) is 3.33. The van der Waals surface area contributed by atoms with Gasteiger partial charge in [0, 0.05) is 11.5 Å². The third-order valence-electron chi connectivity index (χ3n) is 3.64. The Morgan fingerprint density at radius 1 is 1.19 bits per heavy atom. The van der Waals surface area contributed by atoms with Gasteiger partial charge in [0.15, 0.2) is 0 Å². The van der Waals surface area contributed by atoms with Crippen molar-refractivity contribution in [2.24, 2.45) is 5.92 Å². The number of aliphatic hydroxyl groups excluding tert-OH is 1. The SMILES string of the molecule is CC(=C\C(C)C(C)O)/C=C(\C)c1oc(=O)c(C)c(O)c1C. The Kier molecular flexibility index (Phi) is 5.55. The van der Waals surface area contributed by atoms with Crippen LogP contribution in [0.15, 0.2) is 26.9 Å². The first-order chi connectivity index (χ1) is 9.65. The van der Waals surface area contributed by atoms with Crippen LogP contribution in [0.1, 0.15) is 44.6 Å². The Balaban J connectivity index is 3.23. The van der Waals surface area contributed by atoms with Crippen LogP contribution in [0.3, 0.4) is 0 Å². The summed E-state index contributed by atoms with van der Waals surface area (Å²) < 4.78 is 5.27. The van der Waals surface area contributed by atoms with Gasteiger partial charge in [-0.3, -0.25) is 0 Å². The van der Waals surface area contributed by atoms with E-state index in [1.165, 1.54) is 6.92 Å². The van der Waals surface area contributed by atoms with Gasteiger partial charge in [-0.1, -0.05) is 24.6 Å². The van der Waals surface area contributed by atoms with Crippen molar-refractivity contribution in [3.8, 4) is 5.75 Å². The minimum atomic E-state index is -0.528. The predicted molar refractivity (Wildman–Crippen MR) is 84.4 cm³/mol. The molecule has 1 heterocycles. The zero-order chi connectivity index (χ0) is 16.3. The fourth-order valence-corrected chi connectivity index (χ4v) is 2.12. The fraction of sp³-hybridized carbons (Fsp3) is 0.471. The molecule has 0 aliphatic carbocycles. The first-order valence-corrected chi connectivity index (χ1v) is 7.03. The van der Waals surface area contributed by atoms with Gasteiger partial charge in [0.05, 0.1) is 11.7 Å². The van der Waals surface area contributed by atoms with E-state index in [1.807, 2.05) is 32.9 Å². The minimum Gasteiger partial charge on any atom is -0.507 e. The molecular formula is C17H24O4. The topological polar surface area (TPSA) is 70.7 Å². The van der Waals surface area contributed by atoms with Crippen LogP contribution in [-0.2, 0) is 0 Å². The van der Waals surface area contributed by atoms with E-state index in [1.54, 1.807) is 13.8 Å². The van der Waals surface area contributed by atoms with Crippen LogP contribution in [0, 0.1) is 19.8 Å². The molecule has 2 N–H and O–H groups in total. The highest BCUT2D eigenvalue weighted by Crippen LogP contribution is 2.27. The lowest BCUT2D eigenvalue weighted by Crippen LogP contribution is -2.10. The largest absolute Gasteiger partial charge is 0.507 e. The second-order valence-electron chi connectivity index (χ2n) is 5.66. The van der Waals surface area contributed by atoms with Gasteiger partial charge in [-0.05, 0) is 40.2 Å². The van der Waals surface area contributed by atoms with Crippen molar-refractivity contribution < 1.29 is 14.6 Å². The molecule has 0 aliphatic heterocycles. The molecule has 1 rings (SSSR count). The van der Waals surface area contributed by atoms with Crippen molar-refractivity contribution >= 4 is 5.57 Å². The summed E-state index contributed by atoms with van der Waals surface area (Å²) in [6, 6.07) is 0. The summed E-state index contributed by atoms with van der Waals surface area (Å²) in [5.74, 6) is 0.405. The van der Waals surface area contributed by atoms with E-state index < -0.39 is 11.7 Å². The molecule has 2 unspecified atom stereocenters. The zero-order valence-corrected chi connectivity index (χ0v) is 13.5. The summed E-state index contributed by atoms with van der Waals surface area (Å²) in [5, 5.41) is 19.4. The monoisotopic (exact) mass is 292 g/mol. The minimum absolute atomic E-state index is 0.0204. The summed E-state index contributed by atoms with van der Waals surface area (Å²) in [4.78, 5) is 11.7. The molecule has 0 saturated carbocycles. The molecule has 2 atom stereocenters. The van der Waals surface area contributed by atoms with E-state index in [-0.39, 0.29) is 17.2 Å². The average Bonchev–Trinajstić information content (AvgIpc) is 2.39. The summed E-state index contributed by atoms with van der Waals surface area (Å²) in [6.45, 7) is 10.7. The van der Waals surface area contributed by atoms with Crippen LogP contribution in [0.5, 0.6) is 5.75 Å². The Hall–Kier alpha value is -1.81. The molecule has 116 valence electrons. The number of hydrogen-bond acceptors (Lipinski definition) is 4. The third kappa shape index (κ3) is 4.08. The molecule has 4 nitrogen and oxygen atoms in total. The molecule has 0 radical (unpaired) electrons. The van der Waals surface area contributed by atoms with Crippen LogP contribution < -0.4 is 5.63 Å². The Morgan fingerprint density at radius 3 is 2.29 bits per heavy atom. The van der Waals surface area contributed by atoms with Crippen LogP contribution in [0.2, 0.25) is 0 Å². The molecule has 1 aromatic rings. The standard InChI is InChI=1S/C17H24O4/c1-9(7-10(2)14(6)18)8-11(3)16-12(4)15(19)13(5)17(20)21-16/h7-8,10,14,18-19H,1-6H3/b9-7+,11-8+. The fourth-order valence-electron chi connectivity index (χ4n) is 2.12. The van der Waals surface area contributed by atoms with Gasteiger partial charge in [0.2, 0.25) is 0 Å². The molecule has 1 aromatic heterocycles. The quantitative estimate of drug-likeness (QED) is 0.835. The maximum atomic E-state index is 11.7. The van der Waals surface area contributed by atoms with Crippen LogP contribution >= 0.6 is 0 Å². The van der Waals surface area contributed by atoms with E-state index in [0.717, 1.165) is 11.1 Å². The van der Waals surface area contributed by atoms with Crippen LogP contribution in [0.25, 0.3) is 5.57 Å². The van der Waals surface area contributed by atoms with E-state index >= 15 is 0 Å². The number of hydrogen-bond donors (Lipinski definition) is 2. The Bertz CT molecular complexity index is 633. The Morgan fingerprint density at radius 2 is 1.76 bits per heavy atom. The molecule has 0 spiro atoms. The highest BCUT2D eigenvalue weighted by Gasteiger charge is 2.14. The Labute approximate surface area is 125 Å². The zero-order valence-electron chi connectivity index (χ0n) is 13.5. The highest BCUT2D eigenvalue weighted by atomic mass is 16.4. The molecule has 0 amide bonds. The smallest absolute Gasteiger partial charge is 0.342 e. The van der Waals surface area contributed by atoms with E-state index in [2.05, 4.69) is 0 Å². The number of allylic oxidation sites excluding steroid dienone is 3. The first kappa shape index (κ1) is 17.2. The molecular weight excluding hydrogens is 268 g/mol. The first-order valence-electron chi connectivity index (χ1n) is 7.03. The molecule has 0 saturated heterocycles. The summed E-state index contributed by atoms with van der Waals surface area (Å²) >= 11 is 0. The van der Waals surface area contributed by atoms with Crippen molar-refractivity contribution in [2.75, 3.05) is 0 Å². The van der Waals surface area contributed by atoms with E-state index in [9.17, 15) is 15.0 Å². The van der Waals surface area contributed by atoms with Gasteiger partial charge in [0.25, 0.3) is 0 Å². The lowest BCUT2D eigenvalue weighted by atomic mass is 10.0. The molecule has 0 aliphatic rings. The highest BCUT2D eigenvalue weighted by molar-refractivity contribution is 5.66. The van der Waals surface area contributed by atoms with Gasteiger partial charge >= 0.3 is 5.63 Å². The summed E-state index contributed by atoms with van der Waals surface area (Å²) in [7, 11) is 0. The molecule has 0 aromatic carbocycles. The number of aliphatic hydroxyl groups is 1. The normalized spacial score (nSPS) is 16.0. The molecule has 4 heteroatoms. The van der Waals surface area contributed by atoms with Crippen molar-refractivity contribution in [1.82, 2.24) is 0 Å². The summed E-state index contributed by atoms with van der Waals surface area (Å²) in [6.07, 6.45) is 3.41. The second-order valence-corrected chi connectivity index (χ2v) is 5.66. The van der Waals surface area contributed by atoms with Crippen molar-refractivity contribution in [2.45, 2.75) is 47.6 Å². The van der Waals surface area contributed by atoms with Gasteiger partial charge in [-0.25, -0.2) is 4.79 Å². The maximum absolute atomic E-state index is 11.7. The van der Waals surface area contributed by atoms with Crippen LogP contribution in [-0.4, -0.2) is 16.3 Å². The number of rotatable bonds is 4. The van der Waals surface area contributed by atoms with Gasteiger partial charge in [-0.15, -0.1) is 0 Å². The summed E-state index contributed by atoms with van der Waals surface area (Å²) in [5.41, 5.74) is 1.96. The lowest BCUT2D eigenvalue weighted by Gasteiger charge is -2.11. The lowest BCUT2D eigenvalue weighted by molar-refractivity contribution is 0.157. The van der Waals surface area contributed by atoms with Crippen molar-refractivity contribution in [3.63, 3.8) is 0 Å². The molecule has 21 heavy (non-hydrogen) atoms. The van der Waals surface area contributed by atoms with Gasteiger partial charge in [0.1, 0.15) is 11.5 Å². The second kappa shape index (κ2) is 6.76. The van der Waals surface area contributed by atoms with Crippen LogP contribution in [0.4, 0.5) is 0 Å². The van der Waals surface area contributed by atoms with Crippen molar-refractivity contribution in [1.29, 1.82) is 0 Å². The third-order valence-corrected chi connectivity index (χ3v) is 3.64. The van der Waals surface area contributed by atoms with E-state index in [0.29, 0.717) is 11.3 Å². The average molecular weight is 292 g/mol. The molecule has 0 fully saturated rings. The maximum Gasteiger partial charge on any atom is 0.342 e. The van der Waals surface area contributed by atoms with Gasteiger partial charge in [-0.2, -0.15) is 0 Å². The number of aromatic hydroxyl groups is 1. The van der Waals surface area contributed by atoms with E-state index in [4.69, 9.17) is 4.42 Å². The molecule has 0 bridgehead atoms.